The molecule has 0 radical (unpaired) electrons. The number of ether oxygens (including phenoxy) is 2. The second kappa shape index (κ2) is 7.31. The van der Waals surface area contributed by atoms with Crippen molar-refractivity contribution in [3.05, 3.63) is 39.6 Å². The third kappa shape index (κ3) is 3.72. The van der Waals surface area contributed by atoms with Crippen LogP contribution in [0.3, 0.4) is 0 Å². The van der Waals surface area contributed by atoms with Crippen molar-refractivity contribution in [2.45, 2.75) is 39.0 Å². The molecule has 1 aromatic carbocycles. The number of amides is 1. The van der Waals surface area contributed by atoms with Crippen LogP contribution in [-0.4, -0.2) is 35.9 Å². The van der Waals surface area contributed by atoms with Crippen molar-refractivity contribution in [2.75, 3.05) is 19.8 Å². The number of fused-ring (bicyclic) bond motifs is 1. The number of carbonyl (C=O) groups is 1. The van der Waals surface area contributed by atoms with E-state index in [-0.39, 0.29) is 17.2 Å². The largest absolute Gasteiger partial charge is 0.486 e. The summed E-state index contributed by atoms with van der Waals surface area (Å²) in [5.74, 6) is 1.57. The number of rotatable bonds is 5. The van der Waals surface area contributed by atoms with Crippen LogP contribution in [0.5, 0.6) is 11.5 Å². The summed E-state index contributed by atoms with van der Waals surface area (Å²) in [6.45, 7) is 9.86. The summed E-state index contributed by atoms with van der Waals surface area (Å²) in [6.07, 6.45) is 0. The molecule has 1 aliphatic rings. The van der Waals surface area contributed by atoms with Crippen LogP contribution in [-0.2, 0) is 5.41 Å². The Labute approximate surface area is 161 Å². The lowest BCUT2D eigenvalue weighted by atomic mass is 9.84. The van der Waals surface area contributed by atoms with Gasteiger partial charge in [0.2, 0.25) is 0 Å². The molecule has 2 aromatic rings. The molecule has 0 bridgehead atoms. The van der Waals surface area contributed by atoms with Crippen molar-refractivity contribution >= 4 is 21.8 Å². The predicted octanol–water partition coefficient (Wildman–Crippen LogP) is 3.77. The summed E-state index contributed by atoms with van der Waals surface area (Å²) in [5.41, 5.74) is 2.11. The molecule has 3 rings (SSSR count). The molecule has 0 atom stereocenters. The van der Waals surface area contributed by atoms with Gasteiger partial charge in [0.25, 0.3) is 5.91 Å². The highest BCUT2D eigenvalue weighted by molar-refractivity contribution is 9.10. The van der Waals surface area contributed by atoms with E-state index in [1.807, 2.05) is 32.0 Å². The number of nitrogens with one attached hydrogen (secondary N) is 2. The minimum Gasteiger partial charge on any atom is -0.486 e. The van der Waals surface area contributed by atoms with Crippen LogP contribution >= 0.6 is 15.9 Å². The van der Waals surface area contributed by atoms with Crippen molar-refractivity contribution in [3.63, 3.8) is 0 Å². The van der Waals surface area contributed by atoms with Crippen LogP contribution in [0.25, 0.3) is 0 Å². The number of aromatic amines is 1. The fourth-order valence-electron chi connectivity index (χ4n) is 2.83. The van der Waals surface area contributed by atoms with E-state index in [1.54, 1.807) is 0 Å². The fraction of sp³-hybridized carbons (Fsp3) is 0.474. The number of aromatic nitrogens is 2. The summed E-state index contributed by atoms with van der Waals surface area (Å²) in [5, 5.41) is 10.1. The molecule has 0 saturated heterocycles. The van der Waals surface area contributed by atoms with E-state index in [9.17, 15) is 4.79 Å². The van der Waals surface area contributed by atoms with Gasteiger partial charge in [-0.25, -0.2) is 0 Å². The lowest BCUT2D eigenvalue weighted by Crippen LogP contribution is -2.37. The topological polar surface area (TPSA) is 76.2 Å². The lowest BCUT2D eigenvalue weighted by Gasteiger charge is -2.27. The maximum Gasteiger partial charge on any atom is 0.272 e. The second-order valence-electron chi connectivity index (χ2n) is 7.38. The Bertz CT molecular complexity index is 814. The molecule has 26 heavy (non-hydrogen) atoms. The van der Waals surface area contributed by atoms with Gasteiger partial charge in [-0.2, -0.15) is 5.10 Å². The summed E-state index contributed by atoms with van der Waals surface area (Å²) < 4.78 is 12.0. The van der Waals surface area contributed by atoms with Gasteiger partial charge in [0, 0.05) is 12.0 Å². The highest BCUT2D eigenvalue weighted by atomic mass is 79.9. The van der Waals surface area contributed by atoms with Crippen LogP contribution < -0.4 is 14.8 Å². The fourth-order valence-corrected chi connectivity index (χ4v) is 3.64. The van der Waals surface area contributed by atoms with Crippen molar-refractivity contribution in [3.8, 4) is 11.5 Å². The van der Waals surface area contributed by atoms with E-state index in [2.05, 4.69) is 45.3 Å². The summed E-state index contributed by atoms with van der Waals surface area (Å²) >= 11 is 3.47. The number of nitrogens with zero attached hydrogens (tertiary/aromatic N) is 1. The summed E-state index contributed by atoms with van der Waals surface area (Å²) in [7, 11) is 0. The first-order chi connectivity index (χ1) is 12.3. The SMILES string of the molecule is CC(C)c1[nH]nc(C(=O)NCC(C)(C)c2ccc3c(c2)OCCO3)c1Br. The van der Waals surface area contributed by atoms with Crippen molar-refractivity contribution in [1.82, 2.24) is 15.5 Å². The monoisotopic (exact) mass is 421 g/mol. The Morgan fingerprint density at radius 2 is 2.00 bits per heavy atom. The van der Waals surface area contributed by atoms with Gasteiger partial charge in [-0.05, 0) is 39.5 Å². The van der Waals surface area contributed by atoms with Crippen molar-refractivity contribution in [1.29, 1.82) is 0 Å². The van der Waals surface area contributed by atoms with Crippen LogP contribution in [0.4, 0.5) is 0 Å². The minimum absolute atomic E-state index is 0.203. The molecule has 0 fully saturated rings. The first-order valence-electron chi connectivity index (χ1n) is 8.71. The van der Waals surface area contributed by atoms with Gasteiger partial charge in [0.1, 0.15) is 13.2 Å². The van der Waals surface area contributed by atoms with E-state index < -0.39 is 0 Å². The summed E-state index contributed by atoms with van der Waals surface area (Å²) in [6, 6.07) is 5.93. The number of carbonyl (C=O) groups excluding carboxylic acids is 1. The van der Waals surface area contributed by atoms with Gasteiger partial charge in [-0.1, -0.05) is 33.8 Å². The smallest absolute Gasteiger partial charge is 0.272 e. The molecule has 2 heterocycles. The van der Waals surface area contributed by atoms with Crippen LogP contribution in [0, 0.1) is 0 Å². The average Bonchev–Trinajstić information content (AvgIpc) is 3.01. The maximum atomic E-state index is 12.5. The zero-order valence-electron chi connectivity index (χ0n) is 15.5. The normalized spacial score (nSPS) is 13.8. The van der Waals surface area contributed by atoms with Gasteiger partial charge >= 0.3 is 0 Å². The van der Waals surface area contributed by atoms with Gasteiger partial charge in [-0.3, -0.25) is 9.89 Å². The Hall–Kier alpha value is -2.02. The quantitative estimate of drug-likeness (QED) is 0.769. The molecule has 1 amide bonds. The van der Waals surface area contributed by atoms with E-state index in [4.69, 9.17) is 9.47 Å². The van der Waals surface area contributed by atoms with Gasteiger partial charge in [0.15, 0.2) is 17.2 Å². The molecule has 7 heteroatoms. The third-order valence-electron chi connectivity index (χ3n) is 4.54. The lowest BCUT2D eigenvalue weighted by molar-refractivity contribution is 0.0940. The molecule has 0 saturated carbocycles. The van der Waals surface area contributed by atoms with Crippen molar-refractivity contribution < 1.29 is 14.3 Å². The molecular formula is C19H24BrN3O3. The molecule has 0 spiro atoms. The van der Waals surface area contributed by atoms with Gasteiger partial charge in [0.05, 0.1) is 10.2 Å². The second-order valence-corrected chi connectivity index (χ2v) is 8.17. The Kier molecular flexibility index (Phi) is 5.27. The van der Waals surface area contributed by atoms with E-state index in [0.29, 0.717) is 25.5 Å². The molecule has 0 aliphatic carbocycles. The van der Waals surface area contributed by atoms with Crippen LogP contribution in [0.15, 0.2) is 22.7 Å². The average molecular weight is 422 g/mol. The minimum atomic E-state index is -0.269. The van der Waals surface area contributed by atoms with E-state index in [1.165, 1.54) is 0 Å². The summed E-state index contributed by atoms with van der Waals surface area (Å²) in [4.78, 5) is 12.5. The first-order valence-corrected chi connectivity index (χ1v) is 9.51. The zero-order valence-corrected chi connectivity index (χ0v) is 17.1. The zero-order chi connectivity index (χ0) is 18.9. The molecule has 1 aliphatic heterocycles. The first kappa shape index (κ1) is 18.8. The van der Waals surface area contributed by atoms with Gasteiger partial charge in [-0.15, -0.1) is 0 Å². The molecule has 2 N–H and O–H groups in total. The maximum absolute atomic E-state index is 12.5. The molecule has 6 nitrogen and oxygen atoms in total. The Morgan fingerprint density at radius 1 is 1.31 bits per heavy atom. The standard InChI is InChI=1S/C19H24BrN3O3/c1-11(2)16-15(20)17(23-22-16)18(24)21-10-19(3,4)12-5-6-13-14(9-12)26-8-7-25-13/h5-6,9,11H,7-8,10H2,1-4H3,(H,21,24)(H,22,23). The molecular weight excluding hydrogens is 398 g/mol. The third-order valence-corrected chi connectivity index (χ3v) is 5.34. The van der Waals surface area contributed by atoms with E-state index >= 15 is 0 Å². The van der Waals surface area contributed by atoms with Crippen molar-refractivity contribution in [2.24, 2.45) is 0 Å². The molecule has 1 aromatic heterocycles. The number of halogens is 1. The highest BCUT2D eigenvalue weighted by Gasteiger charge is 2.26. The Balaban J connectivity index is 1.71. The molecule has 140 valence electrons. The van der Waals surface area contributed by atoms with Gasteiger partial charge < -0.3 is 14.8 Å². The predicted molar refractivity (Wildman–Crippen MR) is 103 cm³/mol. The number of hydrogen-bond acceptors (Lipinski definition) is 4. The van der Waals surface area contributed by atoms with E-state index in [0.717, 1.165) is 27.2 Å². The number of H-pyrrole nitrogens is 1. The Morgan fingerprint density at radius 3 is 2.65 bits per heavy atom. The highest BCUT2D eigenvalue weighted by Crippen LogP contribution is 2.35. The van der Waals surface area contributed by atoms with Crippen LogP contribution in [0.1, 0.15) is 55.4 Å². The molecule has 0 unspecified atom stereocenters. The van der Waals surface area contributed by atoms with Crippen LogP contribution in [0.2, 0.25) is 0 Å². The number of benzene rings is 1. The number of hydrogen-bond donors (Lipinski definition) is 2.